The number of carbonyl (C=O) groups is 1. The number of likely N-dealkylation sites (tertiary alicyclic amines) is 1. The molecule has 0 radical (unpaired) electrons. The third-order valence-corrected chi connectivity index (χ3v) is 5.48. The minimum Gasteiger partial charge on any atom is -0.480 e. The van der Waals surface area contributed by atoms with Crippen LogP contribution in [0, 0.1) is 17.8 Å². The SMILES string of the molecule is O=C(O)[C@@H]1C[C@H]2C[C@@H](CN3CCC(F)(F)C3)CC[C@H]2CN1. The number of carboxylic acid groups (broad SMARTS) is 1. The van der Waals surface area contributed by atoms with Gasteiger partial charge in [-0.05, 0) is 50.0 Å². The fourth-order valence-corrected chi connectivity index (χ4v) is 4.34. The highest BCUT2D eigenvalue weighted by molar-refractivity contribution is 5.73. The number of hydrogen-bond acceptors (Lipinski definition) is 3. The van der Waals surface area contributed by atoms with Gasteiger partial charge in [-0.2, -0.15) is 0 Å². The lowest BCUT2D eigenvalue weighted by Gasteiger charge is -2.42. The van der Waals surface area contributed by atoms with Gasteiger partial charge in [0.2, 0.25) is 0 Å². The number of fused-ring (bicyclic) bond motifs is 1. The van der Waals surface area contributed by atoms with E-state index in [2.05, 4.69) is 5.32 Å². The van der Waals surface area contributed by atoms with E-state index in [9.17, 15) is 13.6 Å². The van der Waals surface area contributed by atoms with Crippen molar-refractivity contribution in [1.82, 2.24) is 10.2 Å². The molecule has 3 fully saturated rings. The van der Waals surface area contributed by atoms with Gasteiger partial charge in [-0.1, -0.05) is 0 Å². The van der Waals surface area contributed by atoms with E-state index in [1.165, 1.54) is 0 Å². The highest BCUT2D eigenvalue weighted by Gasteiger charge is 2.41. The van der Waals surface area contributed by atoms with Crippen molar-refractivity contribution >= 4 is 5.97 Å². The number of hydrogen-bond donors (Lipinski definition) is 2. The Morgan fingerprint density at radius 2 is 2.10 bits per heavy atom. The van der Waals surface area contributed by atoms with E-state index in [0.717, 1.165) is 32.4 Å². The quantitative estimate of drug-likeness (QED) is 0.835. The Labute approximate surface area is 123 Å². The van der Waals surface area contributed by atoms with E-state index in [0.29, 0.717) is 30.7 Å². The van der Waals surface area contributed by atoms with Gasteiger partial charge >= 0.3 is 5.97 Å². The van der Waals surface area contributed by atoms with Crippen LogP contribution in [0.2, 0.25) is 0 Å². The molecule has 3 rings (SSSR count). The zero-order valence-corrected chi connectivity index (χ0v) is 12.2. The lowest BCUT2D eigenvalue weighted by atomic mass is 9.69. The van der Waals surface area contributed by atoms with Crippen LogP contribution in [0.25, 0.3) is 0 Å². The van der Waals surface area contributed by atoms with E-state index >= 15 is 0 Å². The molecule has 4 atom stereocenters. The first-order valence-electron chi connectivity index (χ1n) is 7.99. The topological polar surface area (TPSA) is 52.6 Å². The van der Waals surface area contributed by atoms with Gasteiger partial charge in [-0.15, -0.1) is 0 Å². The number of halogens is 2. The predicted octanol–water partition coefficient (Wildman–Crippen LogP) is 1.81. The minimum atomic E-state index is -2.51. The van der Waals surface area contributed by atoms with Crippen molar-refractivity contribution in [3.63, 3.8) is 0 Å². The molecule has 2 N–H and O–H groups in total. The summed E-state index contributed by atoms with van der Waals surface area (Å²) in [7, 11) is 0. The second-order valence-corrected chi connectivity index (χ2v) is 7.08. The van der Waals surface area contributed by atoms with Crippen LogP contribution in [0.4, 0.5) is 8.78 Å². The molecule has 4 nitrogen and oxygen atoms in total. The Balaban J connectivity index is 1.52. The van der Waals surface area contributed by atoms with Gasteiger partial charge in [0, 0.05) is 19.5 Å². The molecule has 0 bridgehead atoms. The van der Waals surface area contributed by atoms with Crippen molar-refractivity contribution in [3.8, 4) is 0 Å². The molecule has 6 heteroatoms. The summed E-state index contributed by atoms with van der Waals surface area (Å²) >= 11 is 0. The van der Waals surface area contributed by atoms with Crippen LogP contribution in [-0.2, 0) is 4.79 Å². The Morgan fingerprint density at radius 3 is 2.76 bits per heavy atom. The highest BCUT2D eigenvalue weighted by atomic mass is 19.3. The molecular weight excluding hydrogens is 278 g/mol. The summed E-state index contributed by atoms with van der Waals surface area (Å²) < 4.78 is 26.5. The molecule has 21 heavy (non-hydrogen) atoms. The van der Waals surface area contributed by atoms with Gasteiger partial charge in [0.1, 0.15) is 6.04 Å². The van der Waals surface area contributed by atoms with E-state index in [-0.39, 0.29) is 13.0 Å². The Morgan fingerprint density at radius 1 is 1.29 bits per heavy atom. The molecule has 2 saturated heterocycles. The highest BCUT2D eigenvalue weighted by Crippen LogP contribution is 2.39. The van der Waals surface area contributed by atoms with Crippen molar-refractivity contribution in [2.24, 2.45) is 17.8 Å². The molecule has 2 aliphatic heterocycles. The number of nitrogens with one attached hydrogen (secondary N) is 1. The maximum Gasteiger partial charge on any atom is 0.320 e. The van der Waals surface area contributed by atoms with Gasteiger partial charge in [0.15, 0.2) is 0 Å². The summed E-state index contributed by atoms with van der Waals surface area (Å²) in [4.78, 5) is 13.0. The molecule has 3 aliphatic rings. The normalized spacial score (nSPS) is 39.9. The van der Waals surface area contributed by atoms with Gasteiger partial charge in [-0.25, -0.2) is 8.78 Å². The number of nitrogens with zero attached hydrogens (tertiary/aromatic N) is 1. The van der Waals surface area contributed by atoms with Gasteiger partial charge in [0.05, 0.1) is 6.54 Å². The Kier molecular flexibility index (Phi) is 4.19. The lowest BCUT2D eigenvalue weighted by molar-refractivity contribution is -0.141. The van der Waals surface area contributed by atoms with Gasteiger partial charge in [-0.3, -0.25) is 9.69 Å². The van der Waals surface area contributed by atoms with E-state index in [1.54, 1.807) is 0 Å². The van der Waals surface area contributed by atoms with Crippen LogP contribution in [0.5, 0.6) is 0 Å². The Bertz CT molecular complexity index is 405. The fraction of sp³-hybridized carbons (Fsp3) is 0.933. The summed E-state index contributed by atoms with van der Waals surface area (Å²) in [6.45, 7) is 1.94. The molecular formula is C15H24F2N2O2. The third-order valence-electron chi connectivity index (χ3n) is 5.48. The number of rotatable bonds is 3. The minimum absolute atomic E-state index is 0.0171. The summed E-state index contributed by atoms with van der Waals surface area (Å²) in [6.07, 6.45) is 3.85. The summed E-state index contributed by atoms with van der Waals surface area (Å²) in [5, 5.41) is 12.2. The van der Waals surface area contributed by atoms with E-state index in [1.807, 2.05) is 4.90 Å². The molecule has 1 saturated carbocycles. The molecule has 1 aliphatic carbocycles. The number of piperidine rings is 1. The zero-order chi connectivity index (χ0) is 15.0. The Hall–Kier alpha value is -0.750. The van der Waals surface area contributed by atoms with Crippen LogP contribution in [0.3, 0.4) is 0 Å². The standard InChI is InChI=1S/C15H24F2N2O2/c16-15(17)3-4-19(9-15)8-10-1-2-11-7-18-13(14(20)21)6-12(11)5-10/h10-13,18H,1-9H2,(H,20,21)/t10-,11-,12+,13-/m0/s1. The van der Waals surface area contributed by atoms with Crippen LogP contribution in [-0.4, -0.2) is 54.1 Å². The average molecular weight is 302 g/mol. The van der Waals surface area contributed by atoms with Crippen LogP contribution < -0.4 is 5.32 Å². The van der Waals surface area contributed by atoms with Crippen LogP contribution >= 0.6 is 0 Å². The van der Waals surface area contributed by atoms with Crippen molar-refractivity contribution in [2.45, 2.75) is 44.1 Å². The maximum absolute atomic E-state index is 13.2. The molecule has 0 unspecified atom stereocenters. The van der Waals surface area contributed by atoms with Gasteiger partial charge in [0.25, 0.3) is 5.92 Å². The zero-order valence-electron chi connectivity index (χ0n) is 12.2. The smallest absolute Gasteiger partial charge is 0.320 e. The first-order valence-corrected chi connectivity index (χ1v) is 7.99. The molecule has 2 heterocycles. The fourth-order valence-electron chi connectivity index (χ4n) is 4.34. The number of aliphatic carboxylic acids is 1. The number of alkyl halides is 2. The van der Waals surface area contributed by atoms with Crippen molar-refractivity contribution in [3.05, 3.63) is 0 Å². The third kappa shape index (κ3) is 3.54. The van der Waals surface area contributed by atoms with Gasteiger partial charge < -0.3 is 10.4 Å². The van der Waals surface area contributed by atoms with E-state index < -0.39 is 17.9 Å². The largest absolute Gasteiger partial charge is 0.480 e. The first kappa shape index (κ1) is 15.2. The van der Waals surface area contributed by atoms with Crippen LogP contribution in [0.1, 0.15) is 32.1 Å². The molecule has 0 aromatic rings. The second-order valence-electron chi connectivity index (χ2n) is 7.08. The molecule has 0 amide bonds. The van der Waals surface area contributed by atoms with Crippen molar-refractivity contribution < 1.29 is 18.7 Å². The van der Waals surface area contributed by atoms with Crippen molar-refractivity contribution in [1.29, 1.82) is 0 Å². The molecule has 120 valence electrons. The summed E-state index contributed by atoms with van der Waals surface area (Å²) in [5.74, 6) is -1.83. The molecule has 0 spiro atoms. The predicted molar refractivity (Wildman–Crippen MR) is 74.4 cm³/mol. The van der Waals surface area contributed by atoms with Crippen molar-refractivity contribution in [2.75, 3.05) is 26.2 Å². The van der Waals surface area contributed by atoms with E-state index in [4.69, 9.17) is 5.11 Å². The number of carboxylic acids is 1. The second kappa shape index (κ2) is 5.80. The maximum atomic E-state index is 13.2. The summed E-state index contributed by atoms with van der Waals surface area (Å²) in [5.41, 5.74) is 0. The first-order chi connectivity index (χ1) is 9.93. The van der Waals surface area contributed by atoms with Crippen LogP contribution in [0.15, 0.2) is 0 Å². The average Bonchev–Trinajstić information content (AvgIpc) is 2.77. The summed E-state index contributed by atoms with van der Waals surface area (Å²) in [6, 6.07) is -0.430. The lowest BCUT2D eigenvalue weighted by Crippen LogP contribution is -2.50. The monoisotopic (exact) mass is 302 g/mol. The molecule has 0 aromatic heterocycles. The molecule has 0 aromatic carbocycles.